The molecule has 0 saturated carbocycles. The third kappa shape index (κ3) is 17.5. The molecule has 0 aromatic heterocycles. The number of carboxylic acid groups (broad SMARTS) is 1. The number of Topliss-reactive ketones (excluding diaryl/α,β-unsaturated/α-hetero) is 2. The molecule has 0 saturated heterocycles. The molecular weight excluding hydrogens is 1010 g/mol. The van der Waals surface area contributed by atoms with Crippen LogP contribution < -0.4 is 14.2 Å². The number of hydrogen-bond donors (Lipinski definition) is 3. The van der Waals surface area contributed by atoms with Crippen LogP contribution in [0.3, 0.4) is 0 Å². The van der Waals surface area contributed by atoms with Gasteiger partial charge in [-0.25, -0.2) is 22.4 Å². The monoisotopic (exact) mass is 1060 g/mol. The first-order valence-electron chi connectivity index (χ1n) is 19.5. The molecule has 11 nitrogen and oxygen atoms in total. The molecule has 4 aromatic carbocycles. The van der Waals surface area contributed by atoms with Crippen molar-refractivity contribution in [1.29, 1.82) is 0 Å². The first-order chi connectivity index (χ1) is 29.8. The number of carbonyl (C=O) groups excluding carboxylic acids is 3. The van der Waals surface area contributed by atoms with Crippen molar-refractivity contribution in [2.75, 3.05) is 6.61 Å². The summed E-state index contributed by atoms with van der Waals surface area (Å²) in [7, 11) is 4.34. The number of nitrogens with zero attached hydrogens (tertiary/aromatic N) is 1. The van der Waals surface area contributed by atoms with E-state index in [0.717, 1.165) is 0 Å². The predicted octanol–water partition coefficient (Wildman–Crippen LogP) is 11.7. The van der Waals surface area contributed by atoms with Crippen molar-refractivity contribution in [3.8, 4) is 23.0 Å². The number of hydrogen-bond acceptors (Lipinski definition) is 11. The first kappa shape index (κ1) is 58.3. The van der Waals surface area contributed by atoms with Crippen molar-refractivity contribution in [3.05, 3.63) is 117 Å². The Bertz CT molecular complexity index is 2360. The van der Waals surface area contributed by atoms with Crippen LogP contribution >= 0.6 is 44.7 Å². The molecule has 2 aliphatic rings. The van der Waals surface area contributed by atoms with Crippen LogP contribution in [-0.4, -0.2) is 69.1 Å². The number of aromatic hydroxyl groups is 1. The molecule has 353 valence electrons. The summed E-state index contributed by atoms with van der Waals surface area (Å²) in [5.41, 5.74) is 0.111. The second kappa shape index (κ2) is 24.7. The van der Waals surface area contributed by atoms with E-state index in [1.807, 2.05) is 0 Å². The number of benzene rings is 4. The average molecular weight is 1060 g/mol. The number of rotatable bonds is 6. The van der Waals surface area contributed by atoms with Gasteiger partial charge >= 0.3 is 36.7 Å². The van der Waals surface area contributed by atoms with E-state index in [9.17, 15) is 36.7 Å². The Labute approximate surface area is 400 Å². The molecule has 6 rings (SSSR count). The average Bonchev–Trinajstić information content (AvgIpc) is 3.57. The van der Waals surface area contributed by atoms with Crippen LogP contribution in [0.25, 0.3) is 0 Å². The topological polar surface area (TPSA) is 158 Å². The molecule has 19 heteroatoms. The zero-order valence-electron chi connectivity index (χ0n) is 38.1. The van der Waals surface area contributed by atoms with Crippen LogP contribution in [0, 0.1) is 44.0 Å². The van der Waals surface area contributed by atoms with Crippen LogP contribution in [0.5, 0.6) is 23.0 Å². The standard InChI is InChI=1S/C11H10BrFO2.C11H13FO3.C11H11FO2.C7H7FO.C6H11BrO2.BHNS/c1-11(2)10(14)8-4-7(13)3-6(5-12)9(8)15-11;1-7-6-8(12)4-5-9(7)15-11(2,3)10(13)14;1-6-4-7(12)5-8-9(6)14-11(2,3)10(8)13;1-5-4-6(8)2-3-7(5)9;1-4-9-5(8)6(2,3)7;1-2-3/h3-4H,5H2,1-2H3;4-6H,1-3H3,(H,13,14);4-5H,1-3H3;2-4,9H,1H3;4H2,1-3H3;3H. The number of esters is 1. The van der Waals surface area contributed by atoms with Crippen LogP contribution in [0.2, 0.25) is 0 Å². The van der Waals surface area contributed by atoms with Crippen molar-refractivity contribution in [3.63, 3.8) is 0 Å². The molecule has 65 heavy (non-hydrogen) atoms. The number of ether oxygens (including phenoxy) is 4. The van der Waals surface area contributed by atoms with Crippen molar-refractivity contribution in [2.24, 2.45) is 4.30 Å². The number of ketones is 2. The zero-order valence-corrected chi connectivity index (χ0v) is 42.2. The van der Waals surface area contributed by atoms with Gasteiger partial charge in [0.15, 0.2) is 16.8 Å². The Hall–Kier alpha value is -4.75. The quantitative estimate of drug-likeness (QED) is 0.0558. The van der Waals surface area contributed by atoms with Crippen molar-refractivity contribution >= 4 is 75.8 Å². The summed E-state index contributed by atoms with van der Waals surface area (Å²) in [6, 6.07) is 13.0. The fraction of sp³-hybridized carbons (Fsp3) is 0.391. The van der Waals surface area contributed by atoms with E-state index >= 15 is 0 Å². The molecule has 0 bridgehead atoms. The van der Waals surface area contributed by atoms with Gasteiger partial charge in [0.2, 0.25) is 11.6 Å². The number of fused-ring (bicyclic) bond motifs is 2. The molecule has 2 heterocycles. The number of alkyl halides is 2. The Morgan fingerprint density at radius 3 is 1.60 bits per heavy atom. The van der Waals surface area contributed by atoms with E-state index in [2.05, 4.69) is 56.6 Å². The predicted molar refractivity (Wildman–Crippen MR) is 251 cm³/mol. The minimum atomic E-state index is -1.32. The van der Waals surface area contributed by atoms with Gasteiger partial charge in [0.1, 0.15) is 50.6 Å². The second-order valence-electron chi connectivity index (χ2n) is 16.1. The first-order valence-corrected chi connectivity index (χ1v) is 21.8. The third-order valence-corrected chi connectivity index (χ3v) is 9.68. The molecule has 0 atom stereocenters. The normalized spacial score (nSPS) is 13.5. The van der Waals surface area contributed by atoms with Crippen molar-refractivity contribution in [2.45, 2.75) is 110 Å². The number of carboxylic acids is 1. The Morgan fingerprint density at radius 1 is 0.769 bits per heavy atom. The van der Waals surface area contributed by atoms with E-state index in [0.29, 0.717) is 62.6 Å². The van der Waals surface area contributed by atoms with Crippen LogP contribution in [-0.2, 0) is 19.7 Å². The molecular formula is C46H53BBr2F4NO10S. The van der Waals surface area contributed by atoms with Crippen LogP contribution in [0.4, 0.5) is 17.6 Å². The van der Waals surface area contributed by atoms with E-state index in [1.165, 1.54) is 74.5 Å². The van der Waals surface area contributed by atoms with Crippen molar-refractivity contribution in [1.82, 2.24) is 0 Å². The Kier molecular flexibility index (Phi) is 22.1. The van der Waals surface area contributed by atoms with Gasteiger partial charge in [-0.2, -0.15) is 0 Å². The summed E-state index contributed by atoms with van der Waals surface area (Å²) < 4.78 is 74.4. The molecule has 0 unspecified atom stereocenters. The van der Waals surface area contributed by atoms with E-state index in [4.69, 9.17) is 29.2 Å². The number of aryl methyl sites for hydroxylation is 3. The van der Waals surface area contributed by atoms with Gasteiger partial charge in [0.05, 0.1) is 17.7 Å². The van der Waals surface area contributed by atoms with Crippen molar-refractivity contribution < 1.29 is 65.9 Å². The molecule has 0 spiro atoms. The third-order valence-electron chi connectivity index (χ3n) is 8.75. The molecule has 0 aliphatic carbocycles. The fourth-order valence-electron chi connectivity index (χ4n) is 5.29. The van der Waals surface area contributed by atoms with Gasteiger partial charge in [0, 0.05) is 10.9 Å². The van der Waals surface area contributed by atoms with Crippen LogP contribution in [0.15, 0.2) is 65.0 Å². The summed E-state index contributed by atoms with van der Waals surface area (Å²) in [4.78, 5) is 45.2. The summed E-state index contributed by atoms with van der Waals surface area (Å²) in [6.45, 7) is 20.4. The molecule has 2 N–H and O–H groups in total. The van der Waals surface area contributed by atoms with Gasteiger partial charge in [-0.3, -0.25) is 14.4 Å². The van der Waals surface area contributed by atoms with Gasteiger partial charge in [0.25, 0.3) is 0 Å². The van der Waals surface area contributed by atoms with Gasteiger partial charge < -0.3 is 29.2 Å². The summed E-state index contributed by atoms with van der Waals surface area (Å²) >= 11 is 9.61. The number of phenols is 1. The number of carbonyl (C=O) groups is 4. The number of aliphatic carboxylic acids is 1. The Balaban J connectivity index is 0.000000406. The number of halogens is 6. The number of thiol groups is 1. The van der Waals surface area contributed by atoms with Gasteiger partial charge in [-0.05, 0) is 160 Å². The van der Waals surface area contributed by atoms with Crippen LogP contribution in [0.1, 0.15) is 105 Å². The molecule has 1 radical (unpaired) electrons. The fourth-order valence-corrected chi connectivity index (χ4v) is 5.82. The van der Waals surface area contributed by atoms with E-state index < -0.39 is 38.7 Å². The number of phenolic OH excluding ortho intramolecular Hbond substituents is 1. The maximum atomic E-state index is 13.2. The van der Waals surface area contributed by atoms with Gasteiger partial charge in [-0.15, -0.1) is 0 Å². The molecule has 2 aliphatic heterocycles. The van der Waals surface area contributed by atoms with Gasteiger partial charge in [-0.1, -0.05) is 31.9 Å². The molecule has 4 aromatic rings. The summed E-state index contributed by atoms with van der Waals surface area (Å²) in [5.74, 6) is -1.55. The SMILES string of the molecule is CC1(C)Oc2c(CBr)cc(F)cc2C1=O.CCOC(=O)C(C)(C)Br.Cc1cc(F)cc2c1OC(C)(C)C2=O.Cc1cc(F)ccc1O.Cc1cc(F)ccc1OC(C)(C)C(=O)O.[B]=NS. The minimum absolute atomic E-state index is 0.136. The molecule has 0 fully saturated rings. The summed E-state index contributed by atoms with van der Waals surface area (Å²) in [6.07, 6.45) is 0. The summed E-state index contributed by atoms with van der Waals surface area (Å²) in [5, 5.41) is 18.2. The maximum absolute atomic E-state index is 13.2. The zero-order chi connectivity index (χ0) is 50.4. The van der Waals surface area contributed by atoms with E-state index in [-0.39, 0.29) is 34.9 Å². The van der Waals surface area contributed by atoms with E-state index in [1.54, 1.807) is 69.2 Å². The Morgan fingerprint density at radius 2 is 1.20 bits per heavy atom. The molecule has 0 amide bonds. The second-order valence-corrected chi connectivity index (χ2v) is 18.9.